The van der Waals surface area contributed by atoms with Crippen molar-refractivity contribution in [3.63, 3.8) is 0 Å². The van der Waals surface area contributed by atoms with Crippen molar-refractivity contribution in [3.05, 3.63) is 41.3 Å². The smallest absolute Gasteiger partial charge is 0.137 e. The second kappa shape index (κ2) is 7.59. The molecule has 2 rings (SSSR count). The normalized spacial score (nSPS) is 11.0. The maximum atomic E-state index is 13.8. The van der Waals surface area contributed by atoms with Gasteiger partial charge in [0.25, 0.3) is 0 Å². The minimum absolute atomic E-state index is 0.209. The van der Waals surface area contributed by atoms with E-state index in [1.807, 2.05) is 20.0 Å². The summed E-state index contributed by atoms with van der Waals surface area (Å²) in [6, 6.07) is 6.79. The van der Waals surface area contributed by atoms with E-state index in [4.69, 9.17) is 4.74 Å². The van der Waals surface area contributed by atoms with Gasteiger partial charge in [-0.15, -0.1) is 0 Å². The zero-order chi connectivity index (χ0) is 15.2. The van der Waals surface area contributed by atoms with Gasteiger partial charge in [-0.05, 0) is 19.1 Å². The van der Waals surface area contributed by atoms with Crippen molar-refractivity contribution >= 4 is 11.8 Å². The Kier molecular flexibility index (Phi) is 5.78. The number of rotatable bonds is 7. The highest BCUT2D eigenvalue weighted by Gasteiger charge is 2.15. The van der Waals surface area contributed by atoms with E-state index in [1.165, 1.54) is 17.8 Å². The Morgan fingerprint density at radius 1 is 1.38 bits per heavy atom. The number of aromatic nitrogens is 2. The molecule has 0 aliphatic rings. The third-order valence-corrected chi connectivity index (χ3v) is 4.37. The van der Waals surface area contributed by atoms with Gasteiger partial charge >= 0.3 is 0 Å². The topological polar surface area (TPSA) is 39.1 Å². The Morgan fingerprint density at radius 2 is 2.14 bits per heavy atom. The molecule has 2 aromatic rings. The van der Waals surface area contributed by atoms with Crippen LogP contribution >= 0.6 is 11.8 Å². The summed E-state index contributed by atoms with van der Waals surface area (Å²) in [5, 5.41) is 8.71. The van der Waals surface area contributed by atoms with Gasteiger partial charge in [-0.2, -0.15) is 5.10 Å². The number of halogens is 1. The van der Waals surface area contributed by atoms with Gasteiger partial charge in [-0.3, -0.25) is 4.68 Å². The minimum atomic E-state index is -0.209. The third kappa shape index (κ3) is 4.06. The molecule has 0 unspecified atom stereocenters. The molecule has 0 fully saturated rings. The van der Waals surface area contributed by atoms with Crippen molar-refractivity contribution in [2.75, 3.05) is 20.3 Å². The standard InChI is InChI=1S/C15H20FN3OS/c1-11-12(10-17-8-9-20-3)15(19(2)18-11)21-14-7-5-4-6-13(14)16/h4-7,17H,8-10H2,1-3H3. The Labute approximate surface area is 128 Å². The van der Waals surface area contributed by atoms with Crippen LogP contribution in [0.2, 0.25) is 0 Å². The summed E-state index contributed by atoms with van der Waals surface area (Å²) in [6.07, 6.45) is 0. The van der Waals surface area contributed by atoms with E-state index in [0.29, 0.717) is 18.0 Å². The highest BCUT2D eigenvalue weighted by Crippen LogP contribution is 2.33. The molecular weight excluding hydrogens is 289 g/mol. The maximum Gasteiger partial charge on any atom is 0.137 e. The first-order valence-electron chi connectivity index (χ1n) is 6.78. The third-order valence-electron chi connectivity index (χ3n) is 3.12. The summed E-state index contributed by atoms with van der Waals surface area (Å²) in [5.74, 6) is -0.209. The molecule has 21 heavy (non-hydrogen) atoms. The van der Waals surface area contributed by atoms with Gasteiger partial charge < -0.3 is 10.1 Å². The van der Waals surface area contributed by atoms with Gasteiger partial charge in [0, 0.05) is 37.7 Å². The average Bonchev–Trinajstić information content (AvgIpc) is 2.72. The second-order valence-electron chi connectivity index (χ2n) is 4.69. The van der Waals surface area contributed by atoms with E-state index in [-0.39, 0.29) is 5.82 Å². The lowest BCUT2D eigenvalue weighted by Gasteiger charge is -2.08. The molecule has 1 heterocycles. The molecule has 114 valence electrons. The fraction of sp³-hybridized carbons (Fsp3) is 0.400. The highest BCUT2D eigenvalue weighted by atomic mass is 32.2. The molecule has 0 spiro atoms. The number of nitrogens with one attached hydrogen (secondary N) is 1. The lowest BCUT2D eigenvalue weighted by molar-refractivity contribution is 0.199. The first-order chi connectivity index (χ1) is 10.1. The molecule has 0 amide bonds. The molecule has 0 radical (unpaired) electrons. The van der Waals surface area contributed by atoms with Gasteiger partial charge in [0.05, 0.1) is 12.3 Å². The Hall–Kier alpha value is -1.37. The molecule has 0 bridgehead atoms. The summed E-state index contributed by atoms with van der Waals surface area (Å²) >= 11 is 1.41. The molecule has 6 heteroatoms. The van der Waals surface area contributed by atoms with Crippen molar-refractivity contribution in [2.45, 2.75) is 23.4 Å². The Balaban J connectivity index is 2.16. The van der Waals surface area contributed by atoms with Gasteiger partial charge in [0.2, 0.25) is 0 Å². The van der Waals surface area contributed by atoms with Crippen LogP contribution in [0.4, 0.5) is 4.39 Å². The van der Waals surface area contributed by atoms with Crippen molar-refractivity contribution in [3.8, 4) is 0 Å². The van der Waals surface area contributed by atoms with E-state index in [9.17, 15) is 4.39 Å². The summed E-state index contributed by atoms with van der Waals surface area (Å²) < 4.78 is 20.6. The van der Waals surface area contributed by atoms with E-state index in [2.05, 4.69) is 10.4 Å². The summed E-state index contributed by atoms with van der Waals surface area (Å²) in [5.41, 5.74) is 2.06. The SMILES string of the molecule is COCCNCc1c(C)nn(C)c1Sc1ccccc1F. The van der Waals surface area contributed by atoms with Crippen LogP contribution in [0.25, 0.3) is 0 Å². The molecule has 4 nitrogen and oxygen atoms in total. The molecule has 0 aliphatic heterocycles. The number of nitrogens with zero attached hydrogens (tertiary/aromatic N) is 2. The van der Waals surface area contributed by atoms with Crippen molar-refractivity contribution in [2.24, 2.45) is 7.05 Å². The second-order valence-corrected chi connectivity index (χ2v) is 5.73. The summed E-state index contributed by atoms with van der Waals surface area (Å²) in [7, 11) is 3.56. The minimum Gasteiger partial charge on any atom is -0.383 e. The number of benzene rings is 1. The zero-order valence-electron chi connectivity index (χ0n) is 12.5. The van der Waals surface area contributed by atoms with Crippen LogP contribution < -0.4 is 5.32 Å². The van der Waals surface area contributed by atoms with Gasteiger partial charge in [-0.25, -0.2) is 4.39 Å². The first kappa shape index (κ1) is 16.0. The Bertz CT molecular complexity index is 601. The number of hydrogen-bond acceptors (Lipinski definition) is 4. The first-order valence-corrected chi connectivity index (χ1v) is 7.59. The predicted octanol–water partition coefficient (Wildman–Crippen LogP) is 2.75. The highest BCUT2D eigenvalue weighted by molar-refractivity contribution is 7.99. The zero-order valence-corrected chi connectivity index (χ0v) is 13.3. The number of hydrogen-bond donors (Lipinski definition) is 1. The summed E-state index contributed by atoms with van der Waals surface area (Å²) in [4.78, 5) is 0.610. The number of aryl methyl sites for hydroxylation is 2. The largest absolute Gasteiger partial charge is 0.383 e. The van der Waals surface area contributed by atoms with Crippen LogP contribution in [0.5, 0.6) is 0 Å². The lowest BCUT2D eigenvalue weighted by atomic mass is 10.2. The van der Waals surface area contributed by atoms with Gasteiger partial charge in [0.15, 0.2) is 0 Å². The van der Waals surface area contributed by atoms with Crippen molar-refractivity contribution in [1.29, 1.82) is 0 Å². The van der Waals surface area contributed by atoms with E-state index >= 15 is 0 Å². The Morgan fingerprint density at radius 3 is 2.86 bits per heavy atom. The average molecular weight is 309 g/mol. The van der Waals surface area contributed by atoms with Crippen LogP contribution in [-0.2, 0) is 18.3 Å². The van der Waals surface area contributed by atoms with Crippen LogP contribution in [0.15, 0.2) is 34.2 Å². The van der Waals surface area contributed by atoms with Gasteiger partial charge in [-0.1, -0.05) is 23.9 Å². The van der Waals surface area contributed by atoms with Crippen molar-refractivity contribution < 1.29 is 9.13 Å². The maximum absolute atomic E-state index is 13.8. The molecule has 1 N–H and O–H groups in total. The number of ether oxygens (including phenoxy) is 1. The fourth-order valence-electron chi connectivity index (χ4n) is 2.03. The van der Waals surface area contributed by atoms with E-state index in [1.54, 1.807) is 23.9 Å². The fourth-order valence-corrected chi connectivity index (χ4v) is 3.07. The molecule has 1 aromatic heterocycles. The van der Waals surface area contributed by atoms with Gasteiger partial charge in [0.1, 0.15) is 10.8 Å². The molecule has 0 aliphatic carbocycles. The van der Waals surface area contributed by atoms with Crippen LogP contribution in [0.1, 0.15) is 11.3 Å². The lowest BCUT2D eigenvalue weighted by Crippen LogP contribution is -2.19. The van der Waals surface area contributed by atoms with Crippen LogP contribution in [0.3, 0.4) is 0 Å². The molecule has 0 saturated heterocycles. The van der Waals surface area contributed by atoms with E-state index < -0.39 is 0 Å². The summed E-state index contributed by atoms with van der Waals surface area (Å²) in [6.45, 7) is 4.10. The number of methoxy groups -OCH3 is 1. The van der Waals surface area contributed by atoms with Crippen LogP contribution in [0, 0.1) is 12.7 Å². The monoisotopic (exact) mass is 309 g/mol. The quantitative estimate of drug-likeness (QED) is 0.798. The molecule has 0 atom stereocenters. The molecule has 0 saturated carbocycles. The van der Waals surface area contributed by atoms with Crippen LogP contribution in [-0.4, -0.2) is 30.0 Å². The predicted molar refractivity (Wildman–Crippen MR) is 82.1 cm³/mol. The molecule has 1 aromatic carbocycles. The molecular formula is C15H20FN3OS. The van der Waals surface area contributed by atoms with E-state index in [0.717, 1.165) is 22.8 Å². The van der Waals surface area contributed by atoms with Crippen molar-refractivity contribution in [1.82, 2.24) is 15.1 Å².